The summed E-state index contributed by atoms with van der Waals surface area (Å²) in [4.78, 5) is 2.20. The van der Waals surface area contributed by atoms with Crippen LogP contribution in [0.4, 0.5) is 11.4 Å². The third-order valence-corrected chi connectivity index (χ3v) is 3.61. The lowest BCUT2D eigenvalue weighted by Gasteiger charge is -2.27. The van der Waals surface area contributed by atoms with Crippen molar-refractivity contribution >= 4 is 27.3 Å². The molecule has 0 aliphatic heterocycles. The summed E-state index contributed by atoms with van der Waals surface area (Å²) in [5, 5.41) is 9.97. The maximum absolute atomic E-state index is 9.97. The summed E-state index contributed by atoms with van der Waals surface area (Å²) in [6, 6.07) is 16.3. The molecular formula is C16H18BrNO. The van der Waals surface area contributed by atoms with Crippen molar-refractivity contribution in [1.29, 1.82) is 0 Å². The van der Waals surface area contributed by atoms with Crippen LogP contribution in [-0.2, 0) is 0 Å². The van der Waals surface area contributed by atoms with Gasteiger partial charge in [0, 0.05) is 28.0 Å². The first kappa shape index (κ1) is 14.1. The summed E-state index contributed by atoms with van der Waals surface area (Å²) in [5.41, 5.74) is 3.11. The van der Waals surface area contributed by atoms with Crippen LogP contribution in [-0.4, -0.2) is 11.7 Å². The maximum Gasteiger partial charge on any atom is 0.0782 e. The summed E-state index contributed by atoms with van der Waals surface area (Å²) in [7, 11) is 0. The van der Waals surface area contributed by atoms with Crippen LogP contribution in [0.25, 0.3) is 0 Å². The van der Waals surface area contributed by atoms with Crippen LogP contribution in [0.5, 0.6) is 0 Å². The fourth-order valence-corrected chi connectivity index (χ4v) is 2.58. The first-order valence-electron chi connectivity index (χ1n) is 6.43. The molecule has 0 radical (unpaired) electrons. The number of hydrogen-bond donors (Lipinski definition) is 1. The number of nitrogens with zero attached hydrogens (tertiary/aromatic N) is 1. The molecule has 0 saturated heterocycles. The molecule has 1 N–H and O–H groups in total. The fraction of sp³-hybridized carbons (Fsp3) is 0.250. The Kier molecular flexibility index (Phi) is 4.61. The SMILES string of the molecule is CCN(c1ccccc1)c1ccc(Br)cc1C(C)O. The molecule has 2 aromatic carbocycles. The molecule has 100 valence electrons. The van der Waals surface area contributed by atoms with Crippen molar-refractivity contribution in [2.75, 3.05) is 11.4 Å². The van der Waals surface area contributed by atoms with Crippen LogP contribution in [0, 0.1) is 0 Å². The van der Waals surface area contributed by atoms with Gasteiger partial charge in [-0.3, -0.25) is 0 Å². The fourth-order valence-electron chi connectivity index (χ4n) is 2.21. The highest BCUT2D eigenvalue weighted by atomic mass is 79.9. The zero-order valence-electron chi connectivity index (χ0n) is 11.2. The van der Waals surface area contributed by atoms with Crippen molar-refractivity contribution in [3.8, 4) is 0 Å². The maximum atomic E-state index is 9.97. The van der Waals surface area contributed by atoms with E-state index in [0.29, 0.717) is 0 Å². The van der Waals surface area contributed by atoms with E-state index in [1.807, 2.05) is 36.4 Å². The number of rotatable bonds is 4. The molecule has 0 spiro atoms. The second-order valence-electron chi connectivity index (χ2n) is 4.46. The average Bonchev–Trinajstić information content (AvgIpc) is 2.42. The van der Waals surface area contributed by atoms with Crippen molar-refractivity contribution < 1.29 is 5.11 Å². The quantitative estimate of drug-likeness (QED) is 0.885. The monoisotopic (exact) mass is 319 g/mol. The normalized spacial score (nSPS) is 12.2. The third-order valence-electron chi connectivity index (χ3n) is 3.11. The zero-order chi connectivity index (χ0) is 13.8. The zero-order valence-corrected chi connectivity index (χ0v) is 12.8. The van der Waals surface area contributed by atoms with Crippen molar-refractivity contribution in [3.05, 3.63) is 58.6 Å². The number of hydrogen-bond acceptors (Lipinski definition) is 2. The summed E-state index contributed by atoms with van der Waals surface area (Å²) in [5.74, 6) is 0. The molecule has 0 aliphatic carbocycles. The van der Waals surface area contributed by atoms with Crippen molar-refractivity contribution in [2.24, 2.45) is 0 Å². The number of benzene rings is 2. The van der Waals surface area contributed by atoms with Gasteiger partial charge in [0.15, 0.2) is 0 Å². The lowest BCUT2D eigenvalue weighted by molar-refractivity contribution is 0.199. The minimum absolute atomic E-state index is 0.495. The topological polar surface area (TPSA) is 23.5 Å². The molecule has 2 aromatic rings. The average molecular weight is 320 g/mol. The van der Waals surface area contributed by atoms with E-state index in [2.05, 4.69) is 39.9 Å². The Bertz CT molecular complexity index is 540. The molecule has 19 heavy (non-hydrogen) atoms. The molecule has 0 aliphatic rings. The second-order valence-corrected chi connectivity index (χ2v) is 5.37. The lowest BCUT2D eigenvalue weighted by Crippen LogP contribution is -2.18. The molecule has 1 unspecified atom stereocenters. The molecule has 3 heteroatoms. The van der Waals surface area contributed by atoms with Gasteiger partial charge in [-0.1, -0.05) is 34.1 Å². The van der Waals surface area contributed by atoms with Gasteiger partial charge >= 0.3 is 0 Å². The van der Waals surface area contributed by atoms with Crippen LogP contribution in [0.3, 0.4) is 0 Å². The number of anilines is 2. The molecule has 0 bridgehead atoms. The highest BCUT2D eigenvalue weighted by molar-refractivity contribution is 9.10. The van der Waals surface area contributed by atoms with E-state index in [0.717, 1.165) is 28.0 Å². The van der Waals surface area contributed by atoms with Crippen LogP contribution in [0.1, 0.15) is 25.5 Å². The van der Waals surface area contributed by atoms with Gasteiger partial charge in [-0.15, -0.1) is 0 Å². The largest absolute Gasteiger partial charge is 0.389 e. The highest BCUT2D eigenvalue weighted by Gasteiger charge is 2.15. The Morgan fingerprint density at radius 2 is 1.84 bits per heavy atom. The molecule has 0 saturated carbocycles. The number of aliphatic hydroxyl groups excluding tert-OH is 1. The standard InChI is InChI=1S/C16H18BrNO/c1-3-18(14-7-5-4-6-8-14)16-10-9-13(17)11-15(16)12(2)19/h4-12,19H,3H2,1-2H3. The summed E-state index contributed by atoms with van der Waals surface area (Å²) < 4.78 is 0.983. The molecule has 1 atom stereocenters. The highest BCUT2D eigenvalue weighted by Crippen LogP contribution is 2.33. The first-order chi connectivity index (χ1) is 9.13. The third kappa shape index (κ3) is 3.17. The minimum Gasteiger partial charge on any atom is -0.389 e. The summed E-state index contributed by atoms with van der Waals surface area (Å²) >= 11 is 3.46. The molecule has 0 aromatic heterocycles. The van der Waals surface area contributed by atoms with E-state index in [1.165, 1.54) is 0 Å². The van der Waals surface area contributed by atoms with E-state index in [4.69, 9.17) is 0 Å². The van der Waals surface area contributed by atoms with E-state index in [9.17, 15) is 5.11 Å². The minimum atomic E-state index is -0.495. The van der Waals surface area contributed by atoms with E-state index in [1.54, 1.807) is 6.92 Å². The Balaban J connectivity index is 2.50. The first-order valence-corrected chi connectivity index (χ1v) is 7.23. The predicted octanol–water partition coefficient (Wildman–Crippen LogP) is 4.66. The van der Waals surface area contributed by atoms with Crippen LogP contribution < -0.4 is 4.90 Å². The Morgan fingerprint density at radius 3 is 2.42 bits per heavy atom. The van der Waals surface area contributed by atoms with Crippen LogP contribution >= 0.6 is 15.9 Å². The van der Waals surface area contributed by atoms with Crippen molar-refractivity contribution in [2.45, 2.75) is 20.0 Å². The van der Waals surface area contributed by atoms with E-state index >= 15 is 0 Å². The van der Waals surface area contributed by atoms with Gasteiger partial charge in [0.2, 0.25) is 0 Å². The smallest absolute Gasteiger partial charge is 0.0782 e. The van der Waals surface area contributed by atoms with Gasteiger partial charge in [0.25, 0.3) is 0 Å². The summed E-state index contributed by atoms with van der Waals surface area (Å²) in [6.07, 6.45) is -0.495. The number of aliphatic hydroxyl groups is 1. The van der Waals surface area contributed by atoms with Gasteiger partial charge in [0.05, 0.1) is 6.10 Å². The van der Waals surface area contributed by atoms with Gasteiger partial charge in [-0.05, 0) is 44.2 Å². The molecule has 2 rings (SSSR count). The van der Waals surface area contributed by atoms with Crippen molar-refractivity contribution in [1.82, 2.24) is 0 Å². The molecule has 0 amide bonds. The van der Waals surface area contributed by atoms with Gasteiger partial charge in [-0.25, -0.2) is 0 Å². The Labute approximate surface area is 122 Å². The van der Waals surface area contributed by atoms with Crippen LogP contribution in [0.15, 0.2) is 53.0 Å². The lowest BCUT2D eigenvalue weighted by atomic mass is 10.1. The second kappa shape index (κ2) is 6.22. The molecule has 0 heterocycles. The molecule has 2 nitrogen and oxygen atoms in total. The van der Waals surface area contributed by atoms with Crippen molar-refractivity contribution in [3.63, 3.8) is 0 Å². The summed E-state index contributed by atoms with van der Waals surface area (Å²) in [6.45, 7) is 4.76. The molecular weight excluding hydrogens is 302 g/mol. The van der Waals surface area contributed by atoms with Gasteiger partial charge < -0.3 is 10.0 Å². The van der Waals surface area contributed by atoms with Crippen LogP contribution in [0.2, 0.25) is 0 Å². The van der Waals surface area contributed by atoms with E-state index < -0.39 is 6.10 Å². The Hall–Kier alpha value is -1.32. The van der Waals surface area contributed by atoms with E-state index in [-0.39, 0.29) is 0 Å². The Morgan fingerprint density at radius 1 is 1.16 bits per heavy atom. The van der Waals surface area contributed by atoms with Gasteiger partial charge in [0.1, 0.15) is 0 Å². The van der Waals surface area contributed by atoms with Gasteiger partial charge in [-0.2, -0.15) is 0 Å². The number of para-hydroxylation sites is 1. The number of halogens is 1. The predicted molar refractivity (Wildman–Crippen MR) is 83.9 cm³/mol. The molecule has 0 fully saturated rings.